The molecular weight excluding hydrogens is 166 g/mol. The van der Waals surface area contributed by atoms with E-state index >= 15 is 0 Å². The summed E-state index contributed by atoms with van der Waals surface area (Å²) in [5.74, 6) is -2.89. The maximum atomic E-state index is 13.2. The summed E-state index contributed by atoms with van der Waals surface area (Å²) in [6.07, 6.45) is -0.850. The lowest BCUT2D eigenvalue weighted by atomic mass is 9.77. The van der Waals surface area contributed by atoms with Crippen LogP contribution in [0.3, 0.4) is 0 Å². The van der Waals surface area contributed by atoms with E-state index in [0.29, 0.717) is 0 Å². The van der Waals surface area contributed by atoms with Gasteiger partial charge in [-0.05, 0) is 12.8 Å². The number of halogens is 2. The summed E-state index contributed by atoms with van der Waals surface area (Å²) in [6, 6.07) is 0. The molecule has 0 spiro atoms. The second-order valence-electron chi connectivity index (χ2n) is 3.23. The molecule has 0 saturated carbocycles. The largest absolute Gasteiger partial charge is 0.367 e. The van der Waals surface area contributed by atoms with Crippen molar-refractivity contribution in [2.75, 3.05) is 6.61 Å². The van der Waals surface area contributed by atoms with E-state index in [4.69, 9.17) is 0 Å². The molecule has 1 saturated heterocycles. The van der Waals surface area contributed by atoms with Crippen molar-refractivity contribution in [1.82, 2.24) is 0 Å². The summed E-state index contributed by atoms with van der Waals surface area (Å²) < 4.78 is 31.0. The number of aliphatic hydroxyl groups is 1. The molecule has 0 aromatic rings. The number of rotatable bonds is 2. The molecule has 0 aliphatic carbocycles. The molecule has 1 N–H and O–H groups in total. The zero-order chi connectivity index (χ0) is 9.41. The highest BCUT2D eigenvalue weighted by atomic mass is 19.3. The van der Waals surface area contributed by atoms with E-state index in [0.717, 1.165) is 0 Å². The topological polar surface area (TPSA) is 29.5 Å². The highest BCUT2D eigenvalue weighted by Gasteiger charge is 2.61. The lowest BCUT2D eigenvalue weighted by molar-refractivity contribution is -0.154. The average molecular weight is 180 g/mol. The van der Waals surface area contributed by atoms with Crippen molar-refractivity contribution in [2.24, 2.45) is 5.41 Å². The normalized spacial score (nSPS) is 32.2. The van der Waals surface area contributed by atoms with Gasteiger partial charge in [0.2, 0.25) is 0 Å². The van der Waals surface area contributed by atoms with Crippen LogP contribution in [-0.2, 0) is 4.74 Å². The third kappa shape index (κ3) is 1.05. The molecule has 0 aromatic heterocycles. The van der Waals surface area contributed by atoms with Crippen LogP contribution < -0.4 is 0 Å². The predicted molar refractivity (Wildman–Crippen MR) is 39.9 cm³/mol. The zero-order valence-electron chi connectivity index (χ0n) is 7.31. The van der Waals surface area contributed by atoms with E-state index in [1.807, 2.05) is 0 Å². The second kappa shape index (κ2) is 2.92. The fourth-order valence-electron chi connectivity index (χ4n) is 1.78. The molecule has 0 radical (unpaired) electrons. The van der Waals surface area contributed by atoms with Crippen molar-refractivity contribution in [3.8, 4) is 0 Å². The third-order valence-corrected chi connectivity index (χ3v) is 2.89. The Hall–Kier alpha value is -0.220. The Morgan fingerprint density at radius 1 is 1.42 bits per heavy atom. The van der Waals surface area contributed by atoms with Gasteiger partial charge in [-0.25, -0.2) is 8.78 Å². The van der Waals surface area contributed by atoms with E-state index in [9.17, 15) is 13.9 Å². The Kier molecular flexibility index (Phi) is 2.40. The lowest BCUT2D eigenvalue weighted by Gasteiger charge is -2.33. The zero-order valence-corrected chi connectivity index (χ0v) is 7.31. The van der Waals surface area contributed by atoms with Crippen LogP contribution in [0.2, 0.25) is 0 Å². The molecular formula is C8H14F2O2. The van der Waals surface area contributed by atoms with Crippen molar-refractivity contribution in [3.05, 3.63) is 0 Å². The van der Waals surface area contributed by atoms with Crippen molar-refractivity contribution >= 4 is 0 Å². The monoisotopic (exact) mass is 180 g/mol. The Morgan fingerprint density at radius 3 is 2.08 bits per heavy atom. The minimum atomic E-state index is -2.89. The van der Waals surface area contributed by atoms with E-state index in [1.54, 1.807) is 13.8 Å². The Bertz CT molecular complexity index is 166. The van der Waals surface area contributed by atoms with Gasteiger partial charge in [-0.3, -0.25) is 0 Å². The molecule has 1 aliphatic rings. The fourth-order valence-corrected chi connectivity index (χ4v) is 1.78. The highest BCUT2D eigenvalue weighted by Crippen LogP contribution is 2.50. The smallest absolute Gasteiger partial charge is 0.281 e. The SMILES string of the molecule is CCC1(CC)C(O)OCC1(F)F. The number of hydrogen-bond acceptors (Lipinski definition) is 2. The Morgan fingerprint density at radius 2 is 1.92 bits per heavy atom. The van der Waals surface area contributed by atoms with Crippen molar-refractivity contribution in [2.45, 2.75) is 38.9 Å². The first-order chi connectivity index (χ1) is 5.50. The van der Waals surface area contributed by atoms with Gasteiger partial charge >= 0.3 is 0 Å². The van der Waals surface area contributed by atoms with Gasteiger partial charge in [0.1, 0.15) is 6.61 Å². The van der Waals surface area contributed by atoms with E-state index in [2.05, 4.69) is 4.74 Å². The minimum absolute atomic E-state index is 0.234. The Labute approximate surface area is 70.5 Å². The molecule has 2 nitrogen and oxygen atoms in total. The summed E-state index contributed by atoms with van der Waals surface area (Å²) in [7, 11) is 0. The van der Waals surface area contributed by atoms with Gasteiger partial charge in [-0.1, -0.05) is 13.8 Å². The predicted octanol–water partition coefficient (Wildman–Crippen LogP) is 1.78. The van der Waals surface area contributed by atoms with Crippen LogP contribution in [-0.4, -0.2) is 23.9 Å². The molecule has 1 atom stereocenters. The molecule has 1 fully saturated rings. The van der Waals surface area contributed by atoms with Gasteiger partial charge in [0, 0.05) is 0 Å². The summed E-state index contributed by atoms with van der Waals surface area (Å²) >= 11 is 0. The maximum Gasteiger partial charge on any atom is 0.281 e. The third-order valence-electron chi connectivity index (χ3n) is 2.89. The van der Waals surface area contributed by atoms with E-state index in [-0.39, 0.29) is 12.8 Å². The van der Waals surface area contributed by atoms with Crippen LogP contribution in [0.15, 0.2) is 0 Å². The molecule has 0 amide bonds. The second-order valence-corrected chi connectivity index (χ2v) is 3.23. The van der Waals surface area contributed by atoms with Gasteiger partial charge in [-0.2, -0.15) is 0 Å². The van der Waals surface area contributed by atoms with Gasteiger partial charge in [0.15, 0.2) is 6.29 Å². The number of hydrogen-bond donors (Lipinski definition) is 1. The molecule has 1 aliphatic heterocycles. The van der Waals surface area contributed by atoms with Crippen LogP contribution in [0, 0.1) is 5.41 Å². The maximum absolute atomic E-state index is 13.2. The van der Waals surface area contributed by atoms with Crippen molar-refractivity contribution in [3.63, 3.8) is 0 Å². The summed E-state index contributed by atoms with van der Waals surface area (Å²) in [5.41, 5.74) is -1.37. The summed E-state index contributed by atoms with van der Waals surface area (Å²) in [5, 5.41) is 9.27. The fraction of sp³-hybridized carbons (Fsp3) is 1.00. The molecule has 1 heterocycles. The van der Waals surface area contributed by atoms with Gasteiger partial charge in [0.25, 0.3) is 5.92 Å². The number of aliphatic hydroxyl groups excluding tert-OH is 1. The number of ether oxygens (including phenoxy) is 1. The first-order valence-electron chi connectivity index (χ1n) is 4.17. The lowest BCUT2D eigenvalue weighted by Crippen LogP contribution is -2.43. The van der Waals surface area contributed by atoms with E-state index in [1.165, 1.54) is 0 Å². The quantitative estimate of drug-likeness (QED) is 0.701. The molecule has 72 valence electrons. The van der Waals surface area contributed by atoms with Gasteiger partial charge in [0.05, 0.1) is 5.41 Å². The molecule has 0 bridgehead atoms. The van der Waals surface area contributed by atoms with Crippen LogP contribution in [0.5, 0.6) is 0 Å². The molecule has 4 heteroatoms. The van der Waals surface area contributed by atoms with Crippen LogP contribution >= 0.6 is 0 Å². The summed E-state index contributed by atoms with van der Waals surface area (Å²) in [4.78, 5) is 0. The molecule has 12 heavy (non-hydrogen) atoms. The standard InChI is InChI=1S/C8H14F2O2/c1-3-7(4-2)6(11)12-5-8(7,9)10/h6,11H,3-5H2,1-2H3. The minimum Gasteiger partial charge on any atom is -0.367 e. The summed E-state index contributed by atoms with van der Waals surface area (Å²) in [6.45, 7) is 2.64. The van der Waals surface area contributed by atoms with Crippen LogP contribution in [0.1, 0.15) is 26.7 Å². The van der Waals surface area contributed by atoms with Crippen molar-refractivity contribution in [1.29, 1.82) is 0 Å². The molecule has 1 rings (SSSR count). The first-order valence-corrected chi connectivity index (χ1v) is 4.17. The number of alkyl halides is 2. The van der Waals surface area contributed by atoms with Crippen molar-refractivity contribution < 1.29 is 18.6 Å². The highest BCUT2D eigenvalue weighted by molar-refractivity contribution is 4.97. The first kappa shape index (κ1) is 9.86. The molecule has 1 unspecified atom stereocenters. The van der Waals surface area contributed by atoms with Crippen LogP contribution in [0.25, 0.3) is 0 Å². The van der Waals surface area contributed by atoms with Gasteiger partial charge in [-0.15, -0.1) is 0 Å². The van der Waals surface area contributed by atoms with E-state index < -0.39 is 24.2 Å². The van der Waals surface area contributed by atoms with Crippen LogP contribution in [0.4, 0.5) is 8.78 Å². The van der Waals surface area contributed by atoms with Gasteiger partial charge < -0.3 is 9.84 Å². The molecule has 0 aromatic carbocycles. The average Bonchev–Trinajstić information content (AvgIpc) is 2.24. The Balaban J connectivity index is 2.95.